The van der Waals surface area contributed by atoms with Crippen molar-refractivity contribution in [1.82, 2.24) is 0 Å². The molecule has 0 saturated heterocycles. The maximum absolute atomic E-state index is 12.4. The first-order valence-corrected chi connectivity index (χ1v) is 23.5. The Labute approximate surface area is 336 Å². The number of allylic oxidation sites excluding steroid dienone is 8. The fourth-order valence-electron chi connectivity index (χ4n) is 6.09. The molecule has 0 aliphatic rings. The van der Waals surface area contributed by atoms with Crippen LogP contribution in [0.4, 0.5) is 0 Å². The Hall–Kier alpha value is -2.03. The van der Waals surface area contributed by atoms with E-state index >= 15 is 0 Å². The first-order chi connectivity index (χ1) is 26.6. The van der Waals surface area contributed by atoms with Crippen LogP contribution in [-0.2, 0) is 28.2 Å². The molecule has 0 aromatic carbocycles. The number of phosphoric acid groups is 1. The van der Waals surface area contributed by atoms with Crippen molar-refractivity contribution in [2.45, 2.75) is 212 Å². The largest absolute Gasteiger partial charge is 0.469 e. The van der Waals surface area contributed by atoms with Gasteiger partial charge in [0.05, 0.1) is 12.7 Å². The summed E-state index contributed by atoms with van der Waals surface area (Å²) < 4.78 is 26.4. The predicted molar refractivity (Wildman–Crippen MR) is 227 cm³/mol. The van der Waals surface area contributed by atoms with E-state index in [-0.39, 0.29) is 25.6 Å². The van der Waals surface area contributed by atoms with Crippen LogP contribution in [0.15, 0.2) is 48.6 Å². The molecule has 2 atom stereocenters. The molecule has 0 aliphatic carbocycles. The molecule has 3 N–H and O–H groups in total. The number of carbonyl (C=O) groups is 2. The van der Waals surface area contributed by atoms with Crippen LogP contribution >= 0.6 is 7.82 Å². The summed E-state index contributed by atoms with van der Waals surface area (Å²) in [5.41, 5.74) is 0. The molecule has 0 spiro atoms. The molecule has 0 aromatic heterocycles. The highest BCUT2D eigenvalue weighted by Crippen LogP contribution is 2.36. The van der Waals surface area contributed by atoms with Crippen molar-refractivity contribution >= 4 is 19.8 Å². The van der Waals surface area contributed by atoms with Crippen LogP contribution in [0.25, 0.3) is 0 Å². The minimum atomic E-state index is -4.77. The second kappa shape index (κ2) is 40.2. The third kappa shape index (κ3) is 44.6. The highest BCUT2D eigenvalue weighted by Gasteiger charge is 2.22. The molecule has 0 bridgehead atoms. The van der Waals surface area contributed by atoms with Gasteiger partial charge in [0.2, 0.25) is 0 Å². The maximum atomic E-state index is 12.4. The molecule has 0 heterocycles. The number of unbranched alkanes of at least 4 members (excludes halogenated alkanes) is 20. The molecule has 0 unspecified atom stereocenters. The van der Waals surface area contributed by atoms with E-state index in [1.54, 1.807) is 0 Å². The normalized spacial score (nSPS) is 13.5. The molecule has 320 valence electrons. The van der Waals surface area contributed by atoms with E-state index in [4.69, 9.17) is 19.3 Å². The smallest absolute Gasteiger partial charge is 0.462 e. The van der Waals surface area contributed by atoms with Gasteiger partial charge in [0.15, 0.2) is 6.10 Å². The molecule has 0 rings (SSSR count). The Balaban J connectivity index is 3.96. The van der Waals surface area contributed by atoms with E-state index in [0.29, 0.717) is 19.3 Å². The standard InChI is InChI=1S/C45H81O9P/c1-3-4-5-6-7-8-9-10-11-12-13-14-17-21-24-27-30-33-36-39-45(48)54-43(41-53-55(49,50)51)40-52-44(47)38-35-32-29-26-23-20-18-15-16-19-22-25-28-31-34-37-42(2)46/h16,18-20,25-26,28-29,42-43,46H,3-15,17,21-24,27,30-41H2,1-2H3,(H2,49,50,51)/b19-16-,20-18-,28-25-,29-26-/t42-,43-/m1/s1. The molecular formula is C45H81O9P. The van der Waals surface area contributed by atoms with Crippen molar-refractivity contribution < 1.29 is 43.0 Å². The van der Waals surface area contributed by atoms with E-state index < -0.39 is 32.5 Å². The van der Waals surface area contributed by atoms with Crippen molar-refractivity contribution in [3.8, 4) is 0 Å². The molecule has 0 fully saturated rings. The molecule has 0 aliphatic heterocycles. The number of hydrogen-bond donors (Lipinski definition) is 3. The van der Waals surface area contributed by atoms with E-state index in [9.17, 15) is 19.3 Å². The SMILES string of the molecule is CCCCCCCCCCCCCCCCCCCCCC(=O)O[C@H](COC(=O)CCC/C=C\C/C=C\C/C=C\C/C=C\CCC[C@@H](C)O)COP(=O)(O)O. The molecular weight excluding hydrogens is 715 g/mol. The van der Waals surface area contributed by atoms with Gasteiger partial charge in [-0.15, -0.1) is 0 Å². The molecule has 0 saturated carbocycles. The van der Waals surface area contributed by atoms with Crippen molar-refractivity contribution in [1.29, 1.82) is 0 Å². The number of aliphatic hydroxyl groups is 1. The lowest BCUT2D eigenvalue weighted by molar-refractivity contribution is -0.161. The summed E-state index contributed by atoms with van der Waals surface area (Å²) in [5, 5.41) is 9.25. The van der Waals surface area contributed by atoms with Gasteiger partial charge >= 0.3 is 19.8 Å². The predicted octanol–water partition coefficient (Wildman–Crippen LogP) is 12.5. The molecule has 10 heteroatoms. The molecule has 0 aromatic rings. The van der Waals surface area contributed by atoms with Gasteiger partial charge in [-0.1, -0.05) is 171 Å². The summed E-state index contributed by atoms with van der Waals surface area (Å²) in [6.07, 6.45) is 46.9. The lowest BCUT2D eigenvalue weighted by Crippen LogP contribution is -2.29. The summed E-state index contributed by atoms with van der Waals surface area (Å²) in [6, 6.07) is 0. The molecule has 9 nitrogen and oxygen atoms in total. The molecule has 55 heavy (non-hydrogen) atoms. The maximum Gasteiger partial charge on any atom is 0.469 e. The lowest BCUT2D eigenvalue weighted by Gasteiger charge is -2.18. The van der Waals surface area contributed by atoms with E-state index in [1.165, 1.54) is 96.3 Å². The monoisotopic (exact) mass is 797 g/mol. The average molecular weight is 797 g/mol. The quantitative estimate of drug-likeness (QED) is 0.0239. The van der Waals surface area contributed by atoms with Crippen LogP contribution in [0, 0.1) is 0 Å². The number of carbonyl (C=O) groups excluding carboxylic acids is 2. The Morgan fingerprint density at radius 2 is 0.945 bits per heavy atom. The molecule has 0 radical (unpaired) electrons. The summed E-state index contributed by atoms with van der Waals surface area (Å²) >= 11 is 0. The number of hydrogen-bond acceptors (Lipinski definition) is 7. The van der Waals surface area contributed by atoms with Crippen LogP contribution in [0.1, 0.15) is 200 Å². The number of aliphatic hydroxyl groups excluding tert-OH is 1. The fourth-order valence-corrected chi connectivity index (χ4v) is 6.45. The van der Waals surface area contributed by atoms with E-state index in [0.717, 1.165) is 57.8 Å². The van der Waals surface area contributed by atoms with Crippen LogP contribution in [-0.4, -0.2) is 52.3 Å². The van der Waals surface area contributed by atoms with Crippen LogP contribution in [0.5, 0.6) is 0 Å². The average Bonchev–Trinajstić information content (AvgIpc) is 3.14. The highest BCUT2D eigenvalue weighted by atomic mass is 31.2. The van der Waals surface area contributed by atoms with Gasteiger partial charge in [0, 0.05) is 12.8 Å². The summed E-state index contributed by atoms with van der Waals surface area (Å²) in [4.78, 5) is 42.9. The minimum Gasteiger partial charge on any atom is -0.462 e. The summed E-state index contributed by atoms with van der Waals surface area (Å²) in [6.45, 7) is 3.21. The number of ether oxygens (including phenoxy) is 2. The van der Waals surface area contributed by atoms with Crippen molar-refractivity contribution in [2.24, 2.45) is 0 Å². The number of rotatable bonds is 40. The highest BCUT2D eigenvalue weighted by molar-refractivity contribution is 7.46. The zero-order valence-corrected chi connectivity index (χ0v) is 35.8. The van der Waals surface area contributed by atoms with Crippen LogP contribution in [0.3, 0.4) is 0 Å². The fraction of sp³-hybridized carbons (Fsp3) is 0.778. The second-order valence-electron chi connectivity index (χ2n) is 15.0. The number of esters is 2. The molecule has 0 amide bonds. The van der Waals surface area contributed by atoms with Gasteiger partial charge in [-0.3, -0.25) is 14.1 Å². The van der Waals surface area contributed by atoms with Crippen LogP contribution in [0.2, 0.25) is 0 Å². The zero-order chi connectivity index (χ0) is 40.5. The zero-order valence-electron chi connectivity index (χ0n) is 34.9. The van der Waals surface area contributed by atoms with E-state index in [2.05, 4.69) is 54.0 Å². The van der Waals surface area contributed by atoms with Gasteiger partial charge in [-0.05, 0) is 64.7 Å². The topological polar surface area (TPSA) is 140 Å². The Bertz CT molecular complexity index is 1050. The van der Waals surface area contributed by atoms with Crippen molar-refractivity contribution in [2.75, 3.05) is 13.2 Å². The van der Waals surface area contributed by atoms with Crippen LogP contribution < -0.4 is 0 Å². The van der Waals surface area contributed by atoms with Gasteiger partial charge in [0.1, 0.15) is 6.61 Å². The second-order valence-corrected chi connectivity index (χ2v) is 16.2. The van der Waals surface area contributed by atoms with Gasteiger partial charge < -0.3 is 24.4 Å². The van der Waals surface area contributed by atoms with Gasteiger partial charge in [-0.25, -0.2) is 4.57 Å². The van der Waals surface area contributed by atoms with Crippen molar-refractivity contribution in [3.05, 3.63) is 48.6 Å². The lowest BCUT2D eigenvalue weighted by atomic mass is 10.0. The Kier molecular flexibility index (Phi) is 38.7. The Morgan fingerprint density at radius 1 is 0.545 bits per heavy atom. The number of phosphoric ester groups is 1. The third-order valence-electron chi connectivity index (χ3n) is 9.37. The summed E-state index contributed by atoms with van der Waals surface area (Å²) in [5.74, 6) is -0.962. The first kappa shape index (κ1) is 53.0. The minimum absolute atomic E-state index is 0.180. The van der Waals surface area contributed by atoms with E-state index in [1.807, 2.05) is 13.0 Å². The van der Waals surface area contributed by atoms with Gasteiger partial charge in [-0.2, -0.15) is 0 Å². The first-order valence-electron chi connectivity index (χ1n) is 22.0. The summed E-state index contributed by atoms with van der Waals surface area (Å²) in [7, 11) is -4.77. The van der Waals surface area contributed by atoms with Crippen molar-refractivity contribution in [3.63, 3.8) is 0 Å². The third-order valence-corrected chi connectivity index (χ3v) is 9.85. The Morgan fingerprint density at radius 3 is 1.38 bits per heavy atom. The van der Waals surface area contributed by atoms with Gasteiger partial charge in [0.25, 0.3) is 0 Å².